The number of aryl methyl sites for hydroxylation is 2. The Kier molecular flexibility index (Phi) is 8.82. The third kappa shape index (κ3) is 5.84. The highest BCUT2D eigenvalue weighted by molar-refractivity contribution is 7.19. The Morgan fingerprint density at radius 1 is 0.421 bits per heavy atom. The van der Waals surface area contributed by atoms with Gasteiger partial charge in [0, 0.05) is 75.1 Å². The van der Waals surface area contributed by atoms with Gasteiger partial charge in [-0.2, -0.15) is 26.3 Å². The van der Waals surface area contributed by atoms with Gasteiger partial charge >= 0.3 is 17.8 Å². The van der Waals surface area contributed by atoms with E-state index in [1.54, 1.807) is 110 Å². The van der Waals surface area contributed by atoms with E-state index in [1.165, 1.54) is 28.7 Å². The van der Waals surface area contributed by atoms with Gasteiger partial charge in [-0.3, -0.25) is 0 Å². The minimum absolute atomic E-state index is 0.0578. The van der Waals surface area contributed by atoms with Crippen LogP contribution in [0.5, 0.6) is 0 Å². The summed E-state index contributed by atoms with van der Waals surface area (Å²) in [6.45, 7) is 3.55. The largest absolute Gasteiger partial charge is 0.380 e. The molecule has 0 spiro atoms. The molecule has 2 aromatic heterocycles. The number of benzene rings is 6. The average molecular weight is 803 g/mol. The molecule has 0 saturated heterocycles. The highest BCUT2D eigenvalue weighted by atomic mass is 32.1. The van der Waals surface area contributed by atoms with Crippen molar-refractivity contribution >= 4 is 88.1 Å². The van der Waals surface area contributed by atoms with Gasteiger partial charge in [-0.25, -0.2) is 0 Å². The van der Waals surface area contributed by atoms with Crippen molar-refractivity contribution < 1.29 is 26.3 Å². The quantitative estimate of drug-likeness (QED) is 0.141. The van der Waals surface area contributed by atoms with Crippen LogP contribution >= 0.6 is 22.7 Å². The Bertz CT molecular complexity index is 2720. The van der Waals surface area contributed by atoms with Crippen molar-refractivity contribution in [1.29, 1.82) is 0 Å². The van der Waals surface area contributed by atoms with Crippen molar-refractivity contribution in [2.75, 3.05) is 9.80 Å². The van der Waals surface area contributed by atoms with Crippen LogP contribution in [0.25, 0.3) is 31.3 Å². The number of para-hydroxylation sites is 4. The average Bonchev–Trinajstić information content (AvgIpc) is 3.81. The molecule has 57 heavy (non-hydrogen) atoms. The van der Waals surface area contributed by atoms with E-state index in [0.29, 0.717) is 47.6 Å². The maximum Gasteiger partial charge on any atom is 0.380 e. The van der Waals surface area contributed by atoms with Crippen molar-refractivity contribution in [3.63, 3.8) is 0 Å². The molecule has 0 radical (unpaired) electrons. The number of alkyl halides is 6. The van der Waals surface area contributed by atoms with Crippen molar-refractivity contribution in [2.24, 2.45) is 0 Å². The molecular formula is C47H32F6N2S2. The van der Waals surface area contributed by atoms with E-state index in [4.69, 9.17) is 0 Å². The third-order valence-electron chi connectivity index (χ3n) is 10.3. The van der Waals surface area contributed by atoms with Crippen molar-refractivity contribution in [3.8, 4) is 0 Å². The Balaban J connectivity index is 1.44. The molecule has 8 aromatic rings. The maximum absolute atomic E-state index is 17.2. The predicted octanol–water partition coefficient (Wildman–Crippen LogP) is 15.5. The predicted molar refractivity (Wildman–Crippen MR) is 224 cm³/mol. The molecule has 0 N–H and O–H groups in total. The van der Waals surface area contributed by atoms with E-state index in [2.05, 4.69) is 0 Å². The molecule has 0 bridgehead atoms. The van der Waals surface area contributed by atoms with Gasteiger partial charge in [0.1, 0.15) is 0 Å². The highest BCUT2D eigenvalue weighted by Crippen LogP contribution is 2.67. The summed E-state index contributed by atoms with van der Waals surface area (Å²) >= 11 is 2.55. The number of halogens is 6. The number of hydrogen-bond donors (Lipinski definition) is 0. The molecule has 1 aliphatic carbocycles. The zero-order valence-corrected chi connectivity index (χ0v) is 32.1. The van der Waals surface area contributed by atoms with Crippen molar-refractivity contribution in [3.05, 3.63) is 179 Å². The molecule has 1 aliphatic rings. The minimum atomic E-state index is -5.79. The van der Waals surface area contributed by atoms with Crippen LogP contribution in [0.2, 0.25) is 0 Å². The van der Waals surface area contributed by atoms with Gasteiger partial charge in [-0.15, -0.1) is 22.7 Å². The normalized spacial score (nSPS) is 15.7. The smallest absolute Gasteiger partial charge is 0.310 e. The van der Waals surface area contributed by atoms with E-state index in [9.17, 15) is 0 Å². The fraction of sp³-hybridized carbons (Fsp3) is 0.106. The van der Waals surface area contributed by atoms with E-state index in [1.807, 2.05) is 65.6 Å². The first kappa shape index (κ1) is 36.8. The van der Waals surface area contributed by atoms with Gasteiger partial charge in [0.2, 0.25) is 0 Å². The lowest BCUT2D eigenvalue weighted by Gasteiger charge is -2.30. The molecule has 284 valence electrons. The molecule has 0 saturated carbocycles. The monoisotopic (exact) mass is 802 g/mol. The Hall–Kier alpha value is -5.84. The Morgan fingerprint density at radius 2 is 0.860 bits per heavy atom. The summed E-state index contributed by atoms with van der Waals surface area (Å²) in [4.78, 5) is 4.87. The number of anilines is 6. The third-order valence-corrected chi connectivity index (χ3v) is 12.3. The van der Waals surface area contributed by atoms with Gasteiger partial charge in [-0.1, -0.05) is 72.8 Å². The topological polar surface area (TPSA) is 6.48 Å². The second-order valence-corrected chi connectivity index (χ2v) is 16.6. The first-order valence-corrected chi connectivity index (χ1v) is 19.8. The molecule has 0 aliphatic heterocycles. The van der Waals surface area contributed by atoms with E-state index < -0.39 is 28.9 Å². The second-order valence-electron chi connectivity index (χ2n) is 14.0. The fourth-order valence-corrected chi connectivity index (χ4v) is 9.77. The molecule has 2 nitrogen and oxygen atoms in total. The first-order valence-electron chi connectivity index (χ1n) is 18.2. The highest BCUT2D eigenvalue weighted by Gasteiger charge is 2.80. The Labute approximate surface area is 333 Å². The van der Waals surface area contributed by atoms with Gasteiger partial charge in [0.05, 0.1) is 5.69 Å². The summed E-state index contributed by atoms with van der Waals surface area (Å²) < 4.78 is 102. The van der Waals surface area contributed by atoms with Crippen LogP contribution in [0.4, 0.5) is 60.5 Å². The summed E-state index contributed by atoms with van der Waals surface area (Å²) in [5.41, 5.74) is -0.797. The summed E-state index contributed by atoms with van der Waals surface area (Å²) in [6.07, 6.45) is 0. The van der Waals surface area contributed by atoms with Crippen LogP contribution in [0.1, 0.15) is 20.9 Å². The number of thiophene rings is 2. The van der Waals surface area contributed by atoms with Crippen molar-refractivity contribution in [1.82, 2.24) is 0 Å². The molecular weight excluding hydrogens is 771 g/mol. The van der Waals surface area contributed by atoms with Gasteiger partial charge < -0.3 is 9.80 Å². The molecule has 0 fully saturated rings. The second kappa shape index (κ2) is 13.7. The number of fused-ring (bicyclic) bond motifs is 2. The van der Waals surface area contributed by atoms with Crippen LogP contribution in [-0.2, 0) is 0 Å². The molecule has 0 unspecified atom stereocenters. The van der Waals surface area contributed by atoms with Crippen LogP contribution in [0.15, 0.2) is 158 Å². The summed E-state index contributed by atoms with van der Waals surface area (Å²) in [7, 11) is 0. The summed E-state index contributed by atoms with van der Waals surface area (Å²) in [5.74, 6) is -16.4. The Morgan fingerprint density at radius 3 is 1.37 bits per heavy atom. The van der Waals surface area contributed by atoms with Gasteiger partial charge in [-0.05, 0) is 104 Å². The number of allylic oxidation sites excluding steroid dienone is 2. The van der Waals surface area contributed by atoms with Gasteiger partial charge in [0.25, 0.3) is 0 Å². The van der Waals surface area contributed by atoms with Crippen molar-refractivity contribution in [2.45, 2.75) is 31.6 Å². The summed E-state index contributed by atoms with van der Waals surface area (Å²) in [5, 5.41) is 0.359. The molecule has 6 aromatic carbocycles. The summed E-state index contributed by atoms with van der Waals surface area (Å²) in [6, 6.07) is 45.7. The first-order chi connectivity index (χ1) is 27.4. The van der Waals surface area contributed by atoms with Crippen LogP contribution in [0.3, 0.4) is 0 Å². The molecule has 2 heterocycles. The van der Waals surface area contributed by atoms with Crippen LogP contribution < -0.4 is 9.80 Å². The molecule has 9 rings (SSSR count). The number of rotatable bonds is 8. The number of nitrogens with zero attached hydrogens (tertiary/aromatic N) is 2. The van der Waals surface area contributed by atoms with Crippen LogP contribution in [0, 0.1) is 13.8 Å². The zero-order chi connectivity index (χ0) is 39.7. The molecule has 0 amide bonds. The lowest BCUT2D eigenvalue weighted by molar-refractivity contribution is -0.254. The standard InChI is InChI=1S/C47H32F6N2S2/c1-29-25-36-37(27-35(28-41(36)57-29)54(31-15-7-3-8-16-31)32-17-9-4-10-18-32)43-44(46(50,51)47(52,53)45(43,48)49)42-38-26-30(2)56-40(38)24-23-39(42)55(33-19-11-5-12-20-33)34-21-13-6-14-22-34/h3-28H,1-2H3. The molecule has 10 heteroatoms. The maximum atomic E-state index is 17.2. The lowest BCUT2D eigenvalue weighted by Crippen LogP contribution is -2.49. The van der Waals surface area contributed by atoms with Crippen LogP contribution in [-0.4, -0.2) is 17.8 Å². The van der Waals surface area contributed by atoms with E-state index >= 15 is 26.3 Å². The minimum Gasteiger partial charge on any atom is -0.310 e. The fourth-order valence-electron chi connectivity index (χ4n) is 7.86. The zero-order valence-electron chi connectivity index (χ0n) is 30.5. The number of hydrogen-bond acceptors (Lipinski definition) is 4. The van der Waals surface area contributed by atoms with Gasteiger partial charge in [0.15, 0.2) is 0 Å². The lowest BCUT2D eigenvalue weighted by atomic mass is 9.89. The SMILES string of the molecule is Cc1cc2c(C3=C(c4c(N(c5ccccc5)c5ccccc5)ccc5sc(C)cc45)C(F)(F)C(F)(F)C3(F)F)cc(N(c3ccccc3)c3ccccc3)cc2s1. The van der Waals surface area contributed by atoms with E-state index in [0.717, 1.165) is 0 Å². The molecule has 0 atom stereocenters. The van der Waals surface area contributed by atoms with E-state index in [-0.39, 0.29) is 27.6 Å².